The van der Waals surface area contributed by atoms with Gasteiger partial charge >= 0.3 is 21.1 Å². The number of rotatable bonds is 1. The number of pyridine rings is 1. The van der Waals surface area contributed by atoms with Crippen LogP contribution in [0.2, 0.25) is 0 Å². The number of nitrogens with zero attached hydrogens (tertiary/aromatic N) is 1. The predicted octanol–water partition coefficient (Wildman–Crippen LogP) is 3.24. The summed E-state index contributed by atoms with van der Waals surface area (Å²) < 4.78 is 2.14. The van der Waals surface area contributed by atoms with Crippen LogP contribution in [0.4, 0.5) is 0 Å². The van der Waals surface area contributed by atoms with E-state index in [2.05, 4.69) is 55.1 Å². The molecule has 0 amide bonds. The molecule has 92 valence electrons. The van der Waals surface area contributed by atoms with Crippen LogP contribution < -0.4 is 4.57 Å². The second-order valence-corrected chi connectivity index (χ2v) is 4.50. The quantitative estimate of drug-likeness (QED) is 0.424. The van der Waals surface area contributed by atoms with Crippen LogP contribution in [0, 0.1) is 19.1 Å². The summed E-state index contributed by atoms with van der Waals surface area (Å²) in [5.74, 6) is 0. The van der Waals surface area contributed by atoms with Crippen LogP contribution in [0.5, 0.6) is 0 Å². The Balaban J connectivity index is 0.00000133. The van der Waals surface area contributed by atoms with Crippen molar-refractivity contribution < 1.29 is 25.6 Å². The molecule has 0 N–H and O–H groups in total. The first kappa shape index (κ1) is 14.0. The maximum absolute atomic E-state index is 3.35. The van der Waals surface area contributed by atoms with Crippen LogP contribution in [0.15, 0.2) is 48.7 Å². The molecule has 0 spiro atoms. The van der Waals surface area contributed by atoms with Gasteiger partial charge < -0.3 is 0 Å². The van der Waals surface area contributed by atoms with Gasteiger partial charge in [0, 0.05) is 0 Å². The van der Waals surface area contributed by atoms with Crippen LogP contribution in [0.1, 0.15) is 5.56 Å². The van der Waals surface area contributed by atoms with Gasteiger partial charge in [-0.25, -0.2) is 4.57 Å². The Kier molecular flexibility index (Phi) is 4.17. The SMILES string of the molecule is Cc1ccc[c-]c1-c1c2[c-]cccc2cc[n+]1C.[W+2]. The normalized spacial score (nSPS) is 10.2. The monoisotopic (exact) mass is 416 g/mol. The number of fused-ring (bicyclic) bond motifs is 1. The Morgan fingerprint density at radius 3 is 2.53 bits per heavy atom. The van der Waals surface area contributed by atoms with E-state index in [9.17, 15) is 0 Å². The van der Waals surface area contributed by atoms with E-state index in [0.717, 1.165) is 10.9 Å². The Bertz CT molecular complexity index is 719. The molecule has 0 atom stereocenters. The van der Waals surface area contributed by atoms with E-state index in [1.54, 1.807) is 0 Å². The molecule has 2 aromatic carbocycles. The van der Waals surface area contributed by atoms with Crippen LogP contribution in [0.25, 0.3) is 22.0 Å². The minimum Gasteiger partial charge on any atom is -0.243 e. The van der Waals surface area contributed by atoms with Gasteiger partial charge in [0.2, 0.25) is 0 Å². The molecular formula is C17H14NW+. The smallest absolute Gasteiger partial charge is 0.243 e. The molecule has 0 fully saturated rings. The fourth-order valence-electron chi connectivity index (χ4n) is 2.31. The largest absolute Gasteiger partial charge is 2.00 e. The van der Waals surface area contributed by atoms with E-state index in [4.69, 9.17) is 0 Å². The van der Waals surface area contributed by atoms with Crippen LogP contribution in [0.3, 0.4) is 0 Å². The van der Waals surface area contributed by atoms with Crippen molar-refractivity contribution in [2.24, 2.45) is 7.05 Å². The topological polar surface area (TPSA) is 3.88 Å². The van der Waals surface area contributed by atoms with Gasteiger partial charge in [-0.1, -0.05) is 23.3 Å². The third-order valence-corrected chi connectivity index (χ3v) is 3.26. The van der Waals surface area contributed by atoms with Crippen molar-refractivity contribution >= 4 is 10.8 Å². The van der Waals surface area contributed by atoms with Crippen LogP contribution in [-0.2, 0) is 28.1 Å². The van der Waals surface area contributed by atoms with E-state index < -0.39 is 0 Å². The van der Waals surface area contributed by atoms with Crippen molar-refractivity contribution in [3.63, 3.8) is 0 Å². The molecule has 3 aromatic rings. The molecule has 0 saturated carbocycles. The maximum atomic E-state index is 3.35. The zero-order chi connectivity index (χ0) is 12.5. The summed E-state index contributed by atoms with van der Waals surface area (Å²) in [4.78, 5) is 0. The molecule has 0 aliphatic carbocycles. The zero-order valence-corrected chi connectivity index (χ0v) is 13.9. The number of hydrogen-bond acceptors (Lipinski definition) is 0. The Hall–Kier alpha value is -1.46. The van der Waals surface area contributed by atoms with Crippen LogP contribution in [-0.4, -0.2) is 0 Å². The molecule has 19 heavy (non-hydrogen) atoms. The fraction of sp³-hybridized carbons (Fsp3) is 0.118. The average Bonchev–Trinajstić information content (AvgIpc) is 2.40. The van der Waals surface area contributed by atoms with E-state index in [1.807, 2.05) is 24.3 Å². The maximum Gasteiger partial charge on any atom is 2.00 e. The summed E-state index contributed by atoms with van der Waals surface area (Å²) >= 11 is 0. The van der Waals surface area contributed by atoms with Crippen molar-refractivity contribution in [2.75, 3.05) is 0 Å². The first-order valence-electron chi connectivity index (χ1n) is 6.04. The molecule has 3 rings (SSSR count). The molecule has 0 saturated heterocycles. The molecule has 1 aromatic heterocycles. The van der Waals surface area contributed by atoms with Crippen molar-refractivity contribution in [3.05, 3.63) is 66.4 Å². The molecule has 0 aliphatic heterocycles. The van der Waals surface area contributed by atoms with Gasteiger partial charge in [0.25, 0.3) is 0 Å². The first-order chi connectivity index (χ1) is 8.77. The van der Waals surface area contributed by atoms with Gasteiger partial charge in [0.1, 0.15) is 12.7 Å². The molecule has 1 nitrogen and oxygen atoms in total. The van der Waals surface area contributed by atoms with Crippen molar-refractivity contribution in [2.45, 2.75) is 6.92 Å². The van der Waals surface area contributed by atoms with Crippen molar-refractivity contribution in [1.82, 2.24) is 0 Å². The number of aromatic nitrogens is 1. The molecule has 0 aliphatic rings. The van der Waals surface area contributed by atoms with E-state index in [1.165, 1.54) is 16.6 Å². The standard InChI is InChI=1S/C17H14N.W/c1-13-7-3-5-9-15(13)17-16-10-6-4-8-14(16)11-12-18(17)2;/h3-8,11-12H,1-2H3;/q-1;+2. The second kappa shape index (κ2) is 5.67. The van der Waals surface area contributed by atoms with Gasteiger partial charge in [-0.3, -0.25) is 0 Å². The summed E-state index contributed by atoms with van der Waals surface area (Å²) in [5.41, 5.74) is 3.55. The van der Waals surface area contributed by atoms with E-state index >= 15 is 0 Å². The summed E-state index contributed by atoms with van der Waals surface area (Å²) in [6, 6.07) is 21.0. The Morgan fingerprint density at radius 1 is 1.00 bits per heavy atom. The third-order valence-electron chi connectivity index (χ3n) is 3.26. The minimum atomic E-state index is 0. The average molecular weight is 416 g/mol. The van der Waals surface area contributed by atoms with E-state index in [-0.39, 0.29) is 21.1 Å². The van der Waals surface area contributed by atoms with Crippen molar-refractivity contribution in [3.8, 4) is 11.3 Å². The molecule has 0 radical (unpaired) electrons. The summed E-state index contributed by atoms with van der Waals surface area (Å²) in [7, 11) is 2.07. The second-order valence-electron chi connectivity index (χ2n) is 4.50. The number of hydrogen-bond donors (Lipinski definition) is 0. The summed E-state index contributed by atoms with van der Waals surface area (Å²) in [5, 5.41) is 2.36. The summed E-state index contributed by atoms with van der Waals surface area (Å²) in [6.07, 6.45) is 2.09. The van der Waals surface area contributed by atoms with Gasteiger partial charge in [-0.15, -0.1) is 54.1 Å². The van der Waals surface area contributed by atoms with E-state index in [0.29, 0.717) is 0 Å². The zero-order valence-electron chi connectivity index (χ0n) is 11.0. The molecular weight excluding hydrogens is 402 g/mol. The van der Waals surface area contributed by atoms with Gasteiger partial charge in [-0.05, 0) is 6.07 Å². The molecule has 2 heteroatoms. The fourth-order valence-corrected chi connectivity index (χ4v) is 2.31. The first-order valence-corrected chi connectivity index (χ1v) is 6.04. The predicted molar refractivity (Wildman–Crippen MR) is 73.0 cm³/mol. The Morgan fingerprint density at radius 2 is 1.74 bits per heavy atom. The minimum absolute atomic E-state index is 0. The third kappa shape index (κ3) is 2.48. The Labute approximate surface area is 128 Å². The molecule has 0 unspecified atom stereocenters. The van der Waals surface area contributed by atoms with Crippen molar-refractivity contribution in [1.29, 1.82) is 0 Å². The van der Waals surface area contributed by atoms with Gasteiger partial charge in [-0.2, -0.15) is 0 Å². The molecule has 1 heterocycles. The van der Waals surface area contributed by atoms with Gasteiger partial charge in [0.05, 0.1) is 0 Å². The number of aryl methyl sites for hydroxylation is 2. The molecule has 0 bridgehead atoms. The summed E-state index contributed by atoms with van der Waals surface area (Å²) in [6.45, 7) is 2.12. The van der Waals surface area contributed by atoms with Crippen LogP contribution >= 0.6 is 0 Å². The van der Waals surface area contributed by atoms with Gasteiger partial charge in [0.15, 0.2) is 6.20 Å². The number of benzene rings is 2.